The van der Waals surface area contributed by atoms with Crippen molar-refractivity contribution in [3.05, 3.63) is 71.5 Å². The molecule has 0 spiro atoms. The molecule has 0 radical (unpaired) electrons. The highest BCUT2D eigenvalue weighted by Gasteiger charge is 2.21. The average molecular weight is 403 g/mol. The van der Waals surface area contributed by atoms with Gasteiger partial charge >= 0.3 is 0 Å². The molecule has 3 rings (SSSR count). The van der Waals surface area contributed by atoms with Crippen LogP contribution in [0.2, 0.25) is 0 Å². The molecule has 1 aromatic heterocycles. The van der Waals surface area contributed by atoms with Crippen LogP contribution in [0.4, 0.5) is 0 Å². The van der Waals surface area contributed by atoms with Crippen molar-refractivity contribution in [3.63, 3.8) is 0 Å². The Hall–Kier alpha value is -2.16. The minimum absolute atomic E-state index is 0.270. The molecule has 0 bridgehead atoms. The van der Waals surface area contributed by atoms with Gasteiger partial charge in [0.05, 0.1) is 4.90 Å². The largest absolute Gasteiger partial charge is 0.262 e. The maximum atomic E-state index is 12.8. The van der Waals surface area contributed by atoms with E-state index in [9.17, 15) is 8.42 Å². The third-order valence-electron chi connectivity index (χ3n) is 4.05. The van der Waals surface area contributed by atoms with Gasteiger partial charge in [-0.05, 0) is 38.0 Å². The predicted molar refractivity (Wildman–Crippen MR) is 107 cm³/mol. The van der Waals surface area contributed by atoms with Crippen molar-refractivity contribution in [3.8, 4) is 0 Å². The summed E-state index contributed by atoms with van der Waals surface area (Å²) in [4.78, 5) is 4.54. The molecule has 0 aliphatic heterocycles. The Bertz CT molecular complexity index is 970. The summed E-state index contributed by atoms with van der Waals surface area (Å²) in [5.41, 5.74) is 1.95. The van der Waals surface area contributed by atoms with Crippen LogP contribution in [0.25, 0.3) is 0 Å². The second-order valence-electron chi connectivity index (χ2n) is 6.24. The Kier molecular flexibility index (Phi) is 6.30. The van der Waals surface area contributed by atoms with Crippen molar-refractivity contribution in [2.45, 2.75) is 36.4 Å². The van der Waals surface area contributed by atoms with Crippen LogP contribution in [0.15, 0.2) is 64.6 Å². The van der Waals surface area contributed by atoms with Gasteiger partial charge in [-0.2, -0.15) is 0 Å². The SMILES string of the molecule is Cc1ccc(S(=O)(=O)N[C@@H](CCSc2n[nH]c(C)n2)c2ccccc2)cc1. The van der Waals surface area contributed by atoms with Crippen LogP contribution in [0, 0.1) is 13.8 Å². The van der Waals surface area contributed by atoms with E-state index in [1.54, 1.807) is 24.3 Å². The molecule has 0 aliphatic rings. The van der Waals surface area contributed by atoms with Crippen LogP contribution in [-0.4, -0.2) is 29.4 Å². The monoisotopic (exact) mass is 402 g/mol. The summed E-state index contributed by atoms with van der Waals surface area (Å²) in [5.74, 6) is 1.45. The normalized spacial score (nSPS) is 12.8. The lowest BCUT2D eigenvalue weighted by Gasteiger charge is -2.19. The lowest BCUT2D eigenvalue weighted by molar-refractivity contribution is 0.551. The second kappa shape index (κ2) is 8.69. The fraction of sp³-hybridized carbons (Fsp3) is 0.263. The highest BCUT2D eigenvalue weighted by molar-refractivity contribution is 7.99. The summed E-state index contributed by atoms with van der Waals surface area (Å²) < 4.78 is 28.5. The Morgan fingerprint density at radius 3 is 2.41 bits per heavy atom. The lowest BCUT2D eigenvalue weighted by Crippen LogP contribution is -2.29. The highest BCUT2D eigenvalue weighted by atomic mass is 32.2. The van der Waals surface area contributed by atoms with Crippen molar-refractivity contribution in [1.82, 2.24) is 19.9 Å². The summed E-state index contributed by atoms with van der Waals surface area (Å²) in [6.07, 6.45) is 0.618. The number of aromatic amines is 1. The first-order valence-electron chi connectivity index (χ1n) is 8.60. The number of hydrogen-bond donors (Lipinski definition) is 2. The summed E-state index contributed by atoms with van der Waals surface area (Å²) in [6.45, 7) is 3.78. The number of H-pyrrole nitrogens is 1. The maximum Gasteiger partial charge on any atom is 0.241 e. The molecular weight excluding hydrogens is 380 g/mol. The Labute approximate surface area is 163 Å². The molecule has 3 aromatic rings. The fourth-order valence-electron chi connectivity index (χ4n) is 2.61. The molecule has 0 saturated carbocycles. The van der Waals surface area contributed by atoms with Crippen molar-refractivity contribution in [2.75, 3.05) is 5.75 Å². The number of nitrogens with zero attached hydrogens (tertiary/aromatic N) is 2. The third-order valence-corrected chi connectivity index (χ3v) is 6.41. The molecule has 0 aliphatic carbocycles. The lowest BCUT2D eigenvalue weighted by atomic mass is 10.1. The molecule has 0 fully saturated rings. The van der Waals surface area contributed by atoms with Gasteiger partial charge in [0.1, 0.15) is 5.82 Å². The highest BCUT2D eigenvalue weighted by Crippen LogP contribution is 2.24. The van der Waals surface area contributed by atoms with E-state index in [2.05, 4.69) is 19.9 Å². The van der Waals surface area contributed by atoms with E-state index >= 15 is 0 Å². The molecule has 0 saturated heterocycles. The molecule has 0 unspecified atom stereocenters. The summed E-state index contributed by atoms with van der Waals surface area (Å²) >= 11 is 1.50. The van der Waals surface area contributed by atoms with Crippen LogP contribution in [0.1, 0.15) is 29.4 Å². The average Bonchev–Trinajstić information content (AvgIpc) is 3.07. The van der Waals surface area contributed by atoms with Gasteiger partial charge in [0, 0.05) is 11.8 Å². The van der Waals surface area contributed by atoms with E-state index in [0.717, 1.165) is 17.0 Å². The van der Waals surface area contributed by atoms with E-state index < -0.39 is 10.0 Å². The molecule has 142 valence electrons. The number of sulfonamides is 1. The topological polar surface area (TPSA) is 87.7 Å². The Balaban J connectivity index is 1.74. The van der Waals surface area contributed by atoms with E-state index in [4.69, 9.17) is 0 Å². The Morgan fingerprint density at radius 2 is 1.78 bits per heavy atom. The van der Waals surface area contributed by atoms with Gasteiger partial charge in [0.25, 0.3) is 0 Å². The van der Waals surface area contributed by atoms with E-state index in [1.807, 2.05) is 44.2 Å². The third kappa shape index (κ3) is 5.41. The van der Waals surface area contributed by atoms with E-state index in [1.165, 1.54) is 11.8 Å². The van der Waals surface area contributed by atoms with Crippen molar-refractivity contribution >= 4 is 21.8 Å². The van der Waals surface area contributed by atoms with Crippen LogP contribution in [0.3, 0.4) is 0 Å². The first kappa shape index (κ1) is 19.6. The predicted octanol–water partition coefficient (Wildman–Crippen LogP) is 3.62. The standard InChI is InChI=1S/C19H22N4O2S2/c1-14-8-10-17(11-9-14)27(24,25)23-18(16-6-4-3-5-7-16)12-13-26-19-20-15(2)21-22-19/h3-11,18,23H,12-13H2,1-2H3,(H,20,21,22)/t18-/m0/s1. The van der Waals surface area contributed by atoms with E-state index in [-0.39, 0.29) is 10.9 Å². The summed E-state index contributed by atoms with van der Waals surface area (Å²) in [5, 5.41) is 7.58. The molecule has 0 amide bonds. The molecule has 2 aromatic carbocycles. The molecular formula is C19H22N4O2S2. The van der Waals surface area contributed by atoms with Crippen LogP contribution < -0.4 is 4.72 Å². The number of hydrogen-bond acceptors (Lipinski definition) is 5. The quantitative estimate of drug-likeness (QED) is 0.562. The second-order valence-corrected chi connectivity index (χ2v) is 9.01. The number of benzene rings is 2. The number of aromatic nitrogens is 3. The van der Waals surface area contributed by atoms with Crippen molar-refractivity contribution in [2.24, 2.45) is 0 Å². The molecule has 1 atom stereocenters. The smallest absolute Gasteiger partial charge is 0.241 e. The first-order chi connectivity index (χ1) is 12.9. The minimum Gasteiger partial charge on any atom is -0.262 e. The minimum atomic E-state index is -3.61. The van der Waals surface area contributed by atoms with Gasteiger partial charge in [-0.15, -0.1) is 5.10 Å². The molecule has 2 N–H and O–H groups in total. The molecule has 1 heterocycles. The molecule has 6 nitrogen and oxygen atoms in total. The van der Waals surface area contributed by atoms with Gasteiger partial charge < -0.3 is 0 Å². The number of nitrogens with one attached hydrogen (secondary N) is 2. The van der Waals surface area contributed by atoms with Gasteiger partial charge in [0.2, 0.25) is 15.2 Å². The zero-order chi connectivity index (χ0) is 19.3. The number of thioether (sulfide) groups is 1. The Morgan fingerprint density at radius 1 is 1.07 bits per heavy atom. The van der Waals surface area contributed by atoms with Gasteiger partial charge in [-0.1, -0.05) is 59.8 Å². The number of aryl methyl sites for hydroxylation is 2. The zero-order valence-corrected chi connectivity index (χ0v) is 16.8. The molecule has 8 heteroatoms. The fourth-order valence-corrected chi connectivity index (χ4v) is 4.71. The zero-order valence-electron chi connectivity index (χ0n) is 15.2. The van der Waals surface area contributed by atoms with Crippen LogP contribution in [0.5, 0.6) is 0 Å². The van der Waals surface area contributed by atoms with Crippen LogP contribution >= 0.6 is 11.8 Å². The van der Waals surface area contributed by atoms with Gasteiger partial charge in [-0.25, -0.2) is 18.1 Å². The summed E-state index contributed by atoms with van der Waals surface area (Å²) in [7, 11) is -3.61. The van der Waals surface area contributed by atoms with Gasteiger partial charge in [0.15, 0.2) is 0 Å². The molecule has 27 heavy (non-hydrogen) atoms. The van der Waals surface area contributed by atoms with Crippen molar-refractivity contribution < 1.29 is 8.42 Å². The summed E-state index contributed by atoms with van der Waals surface area (Å²) in [6, 6.07) is 16.1. The van der Waals surface area contributed by atoms with Gasteiger partial charge in [-0.3, -0.25) is 5.10 Å². The van der Waals surface area contributed by atoms with Crippen LogP contribution in [-0.2, 0) is 10.0 Å². The van der Waals surface area contributed by atoms with E-state index in [0.29, 0.717) is 17.3 Å². The van der Waals surface area contributed by atoms with Crippen molar-refractivity contribution in [1.29, 1.82) is 0 Å². The first-order valence-corrected chi connectivity index (χ1v) is 11.1. The maximum absolute atomic E-state index is 12.8. The number of rotatable bonds is 8.